The molecule has 0 unspecified atom stereocenters. The van der Waals surface area contributed by atoms with E-state index in [0.29, 0.717) is 11.8 Å². The number of azo groups is 2. The van der Waals surface area contributed by atoms with Crippen LogP contribution in [0.15, 0.2) is 47.7 Å². The van der Waals surface area contributed by atoms with E-state index in [1.54, 1.807) is 0 Å². The van der Waals surface area contributed by atoms with E-state index in [-0.39, 0.29) is 0 Å². The van der Waals surface area contributed by atoms with Crippen LogP contribution < -0.4 is 0 Å². The summed E-state index contributed by atoms with van der Waals surface area (Å²) in [6.45, 7) is 17.7. The van der Waals surface area contributed by atoms with Crippen LogP contribution in [0.5, 0.6) is 0 Å². The van der Waals surface area contributed by atoms with E-state index in [2.05, 4.69) is 74.3 Å². The molecule has 0 bridgehead atoms. The van der Waals surface area contributed by atoms with Gasteiger partial charge >= 0.3 is 0 Å². The van der Waals surface area contributed by atoms with Crippen LogP contribution >= 0.6 is 0 Å². The molecule has 4 heteroatoms. The van der Waals surface area contributed by atoms with Crippen LogP contribution in [0.3, 0.4) is 0 Å². The second-order valence-electron chi connectivity index (χ2n) is 7.61. The third-order valence-corrected chi connectivity index (χ3v) is 5.01. The first-order valence-electron chi connectivity index (χ1n) is 11.3. The summed E-state index contributed by atoms with van der Waals surface area (Å²) in [6, 6.07) is 13.2. The maximum absolute atomic E-state index is 4.34. The average Bonchev–Trinajstić information content (AvgIpc) is 3.33. The molecule has 3 aromatic rings. The Labute approximate surface area is 183 Å². The normalized spacial score (nSPS) is 11.7. The quantitative estimate of drug-likeness (QED) is 0.397. The van der Waals surface area contributed by atoms with Crippen molar-refractivity contribution in [1.29, 1.82) is 0 Å². The summed E-state index contributed by atoms with van der Waals surface area (Å²) in [7, 11) is 3.98. The summed E-state index contributed by atoms with van der Waals surface area (Å²) >= 11 is 0. The molecule has 30 heavy (non-hydrogen) atoms. The number of aryl methyl sites for hydroxylation is 1. The molecule has 164 valence electrons. The predicted octanol–water partition coefficient (Wildman–Crippen LogP) is 7.80. The summed E-state index contributed by atoms with van der Waals surface area (Å²) in [5.74, 6) is 1.18. The van der Waals surface area contributed by atoms with Gasteiger partial charge in [0.05, 0.1) is 17.3 Å². The highest BCUT2D eigenvalue weighted by atomic mass is 15.3. The molecule has 2 aromatic carbocycles. The Morgan fingerprint density at radius 1 is 0.867 bits per heavy atom. The molecule has 1 aromatic heterocycles. The van der Waals surface area contributed by atoms with Gasteiger partial charge in [-0.05, 0) is 46.3 Å². The first-order chi connectivity index (χ1) is 14.4. The van der Waals surface area contributed by atoms with Crippen LogP contribution in [0, 0.1) is 0 Å². The van der Waals surface area contributed by atoms with Crippen molar-refractivity contribution in [3.63, 3.8) is 0 Å². The Balaban J connectivity index is 0.000000258. The second-order valence-corrected chi connectivity index (χ2v) is 7.61. The van der Waals surface area contributed by atoms with Crippen LogP contribution in [-0.2, 0) is 13.6 Å². The van der Waals surface area contributed by atoms with Crippen molar-refractivity contribution in [1.82, 2.24) is 9.78 Å². The standard InChI is InChI=1S/C11H14N2.C11H15N2.2C2H6/c1-8(2)9-4-5-11-10(6-9)7-12-13(11)3;1-8(2)9-4-5-10-7-12-13(3)11(10)6-9;2*1-2/h4-8H,1-3H3;4-6,8H,7H2,1-3H3;2*1-2H3/q;+1;;. The van der Waals surface area contributed by atoms with E-state index < -0.39 is 0 Å². The minimum Gasteiger partial charge on any atom is -0.268 e. The van der Waals surface area contributed by atoms with E-state index in [9.17, 15) is 0 Å². The van der Waals surface area contributed by atoms with Gasteiger partial charge < -0.3 is 0 Å². The van der Waals surface area contributed by atoms with Crippen molar-refractivity contribution in [2.45, 2.75) is 73.8 Å². The van der Waals surface area contributed by atoms with Crippen molar-refractivity contribution in [3.05, 3.63) is 59.3 Å². The first kappa shape index (κ1) is 25.5. The molecule has 1 aliphatic heterocycles. The van der Waals surface area contributed by atoms with Gasteiger partial charge in [0, 0.05) is 18.5 Å². The van der Waals surface area contributed by atoms with Crippen molar-refractivity contribution in [2.24, 2.45) is 12.2 Å². The molecule has 4 rings (SSSR count). The third kappa shape index (κ3) is 6.25. The first-order valence-corrected chi connectivity index (χ1v) is 11.3. The number of hydrogen-bond donors (Lipinski definition) is 0. The highest BCUT2D eigenvalue weighted by molar-refractivity contribution is 5.79. The number of benzene rings is 2. The minimum atomic E-state index is 0.588. The molecule has 0 N–H and O–H groups in total. The van der Waals surface area contributed by atoms with Gasteiger partial charge in [-0.15, -0.1) is 0 Å². The summed E-state index contributed by atoms with van der Waals surface area (Å²) < 4.78 is 3.88. The highest BCUT2D eigenvalue weighted by Gasteiger charge is 2.20. The fourth-order valence-electron chi connectivity index (χ4n) is 3.17. The zero-order valence-electron chi connectivity index (χ0n) is 20.7. The van der Waals surface area contributed by atoms with Crippen LogP contribution in [0.4, 0.5) is 5.69 Å². The molecule has 0 radical (unpaired) electrons. The zero-order chi connectivity index (χ0) is 22.8. The van der Waals surface area contributed by atoms with Crippen molar-refractivity contribution < 1.29 is 4.70 Å². The van der Waals surface area contributed by atoms with Gasteiger partial charge in [0.25, 0.3) is 0 Å². The van der Waals surface area contributed by atoms with Gasteiger partial charge in [-0.2, -0.15) is 5.10 Å². The summed E-state index contributed by atoms with van der Waals surface area (Å²) in [6.07, 6.45) is 1.92. The van der Waals surface area contributed by atoms with Crippen molar-refractivity contribution in [2.75, 3.05) is 7.05 Å². The highest BCUT2D eigenvalue weighted by Crippen LogP contribution is 2.29. The lowest BCUT2D eigenvalue weighted by atomic mass is 10.0. The van der Waals surface area contributed by atoms with E-state index in [4.69, 9.17) is 0 Å². The van der Waals surface area contributed by atoms with Crippen LogP contribution in [0.25, 0.3) is 10.9 Å². The SMILES string of the molecule is CC.CC.CC(C)c1ccc2c(c1)[N+](C)=NC2.CC(C)c1ccc2c(cnn2C)c1. The van der Waals surface area contributed by atoms with Crippen molar-refractivity contribution >= 4 is 16.6 Å². The molecular weight excluding hydrogens is 368 g/mol. The Morgan fingerprint density at radius 2 is 1.43 bits per heavy atom. The average molecular weight is 410 g/mol. The molecule has 0 saturated carbocycles. The number of hydrogen-bond acceptors (Lipinski definition) is 2. The smallest absolute Gasteiger partial charge is 0.236 e. The topological polar surface area (TPSA) is 33.2 Å². The Bertz CT molecular complexity index is 949. The van der Waals surface area contributed by atoms with Crippen LogP contribution in [0.1, 0.15) is 83.9 Å². The molecular formula is C26H41N4+. The van der Waals surface area contributed by atoms with Gasteiger partial charge in [-0.25, -0.2) is 0 Å². The van der Waals surface area contributed by atoms with Gasteiger partial charge in [0.1, 0.15) is 6.54 Å². The molecule has 4 nitrogen and oxygen atoms in total. The Morgan fingerprint density at radius 3 is 2.03 bits per heavy atom. The second kappa shape index (κ2) is 12.3. The van der Waals surface area contributed by atoms with E-state index >= 15 is 0 Å². The molecule has 1 aliphatic rings. The van der Waals surface area contributed by atoms with Gasteiger partial charge in [-0.3, -0.25) is 4.68 Å². The number of fused-ring (bicyclic) bond motifs is 2. The Hall–Kier alpha value is -2.49. The fraction of sp³-hybridized carbons (Fsp3) is 0.500. The lowest BCUT2D eigenvalue weighted by Crippen LogP contribution is -1.93. The monoisotopic (exact) mass is 409 g/mol. The lowest BCUT2D eigenvalue weighted by Gasteiger charge is -2.04. The minimum absolute atomic E-state index is 0.588. The van der Waals surface area contributed by atoms with E-state index in [1.807, 2.05) is 57.4 Å². The summed E-state index contributed by atoms with van der Waals surface area (Å²) in [5, 5.41) is 9.78. The fourth-order valence-corrected chi connectivity index (χ4v) is 3.17. The largest absolute Gasteiger partial charge is 0.268 e. The molecule has 2 heterocycles. The van der Waals surface area contributed by atoms with Crippen LogP contribution in [0.2, 0.25) is 0 Å². The van der Waals surface area contributed by atoms with Crippen molar-refractivity contribution in [3.8, 4) is 0 Å². The maximum atomic E-state index is 4.34. The van der Waals surface area contributed by atoms with Gasteiger partial charge in [0.2, 0.25) is 5.69 Å². The number of nitrogens with zero attached hydrogens (tertiary/aromatic N) is 4. The van der Waals surface area contributed by atoms with Crippen LogP contribution in [-0.4, -0.2) is 21.5 Å². The van der Waals surface area contributed by atoms with Gasteiger partial charge in [-0.1, -0.05) is 72.2 Å². The molecule has 0 aliphatic carbocycles. The zero-order valence-corrected chi connectivity index (χ0v) is 20.7. The number of aromatic nitrogens is 2. The molecule has 0 spiro atoms. The van der Waals surface area contributed by atoms with E-state index in [1.165, 1.54) is 33.3 Å². The Kier molecular flexibility index (Phi) is 10.4. The molecule has 0 atom stereocenters. The summed E-state index contributed by atoms with van der Waals surface area (Å²) in [4.78, 5) is 0. The predicted molar refractivity (Wildman–Crippen MR) is 130 cm³/mol. The van der Waals surface area contributed by atoms with Gasteiger partial charge in [0.15, 0.2) is 7.05 Å². The molecule has 0 saturated heterocycles. The lowest BCUT2D eigenvalue weighted by molar-refractivity contribution is -0.476. The molecule has 0 fully saturated rings. The number of rotatable bonds is 2. The molecule has 0 amide bonds. The summed E-state index contributed by atoms with van der Waals surface area (Å²) in [5.41, 5.74) is 6.57. The third-order valence-electron chi connectivity index (χ3n) is 5.01. The van der Waals surface area contributed by atoms with E-state index in [0.717, 1.165) is 6.54 Å². The maximum Gasteiger partial charge on any atom is 0.236 e.